The van der Waals surface area contributed by atoms with Gasteiger partial charge >= 0.3 is 5.63 Å². The van der Waals surface area contributed by atoms with Crippen molar-refractivity contribution in [3.8, 4) is 11.5 Å². The van der Waals surface area contributed by atoms with E-state index in [2.05, 4.69) is 10.3 Å². The quantitative estimate of drug-likeness (QED) is 0.321. The van der Waals surface area contributed by atoms with Crippen molar-refractivity contribution in [3.63, 3.8) is 0 Å². The van der Waals surface area contributed by atoms with E-state index in [0.717, 1.165) is 16.5 Å². The van der Waals surface area contributed by atoms with Gasteiger partial charge in [-0.1, -0.05) is 6.92 Å². The van der Waals surface area contributed by atoms with Crippen molar-refractivity contribution in [3.05, 3.63) is 69.2 Å². The molecular weight excluding hydrogens is 464 g/mol. The number of fused-ring (bicyclic) bond motifs is 2. The van der Waals surface area contributed by atoms with E-state index < -0.39 is 29.6 Å². The number of aromatic hydroxyl groups is 1. The summed E-state index contributed by atoms with van der Waals surface area (Å²) in [5.74, 6) is -1.71. The van der Waals surface area contributed by atoms with Crippen LogP contribution in [0, 0.1) is 13.8 Å². The van der Waals surface area contributed by atoms with Gasteiger partial charge in [-0.3, -0.25) is 4.79 Å². The first kappa shape index (κ1) is 24.8. The third kappa shape index (κ3) is 4.64. The number of aromatic amines is 1. The average Bonchev–Trinajstić information content (AvgIpc) is 3.22. The molecule has 0 spiro atoms. The summed E-state index contributed by atoms with van der Waals surface area (Å²) in [4.78, 5) is 40.0. The van der Waals surface area contributed by atoms with Crippen LogP contribution in [0.5, 0.6) is 11.5 Å². The fourth-order valence-corrected chi connectivity index (χ4v) is 4.39. The molecule has 4 rings (SSSR count). The monoisotopic (exact) mass is 491 g/mol. The van der Waals surface area contributed by atoms with Gasteiger partial charge in [0.1, 0.15) is 17.1 Å². The lowest BCUT2D eigenvalue weighted by molar-refractivity contribution is -0.308. The van der Waals surface area contributed by atoms with Crippen molar-refractivity contribution in [1.29, 1.82) is 0 Å². The molecule has 2 atom stereocenters. The largest absolute Gasteiger partial charge is 0.548 e. The number of amides is 1. The van der Waals surface area contributed by atoms with Crippen molar-refractivity contribution in [2.75, 3.05) is 0 Å². The Morgan fingerprint density at radius 1 is 1.17 bits per heavy atom. The molecule has 0 aliphatic carbocycles. The minimum Gasteiger partial charge on any atom is -0.548 e. The number of carboxylic acids is 1. The summed E-state index contributed by atoms with van der Waals surface area (Å²) in [5.41, 5.74) is 3.32. The van der Waals surface area contributed by atoms with E-state index in [1.807, 2.05) is 13.8 Å². The fraction of sp³-hybridized carbons (Fsp3) is 0.296. The number of H-pyrrole nitrogens is 1. The van der Waals surface area contributed by atoms with Crippen LogP contribution >= 0.6 is 0 Å². The van der Waals surface area contributed by atoms with Gasteiger partial charge in [0, 0.05) is 40.0 Å². The van der Waals surface area contributed by atoms with E-state index in [1.54, 1.807) is 31.3 Å². The van der Waals surface area contributed by atoms with Gasteiger partial charge in [0.15, 0.2) is 6.10 Å². The van der Waals surface area contributed by atoms with Crippen LogP contribution in [0.1, 0.15) is 36.1 Å². The predicted octanol–water partition coefficient (Wildman–Crippen LogP) is 2.40. The summed E-state index contributed by atoms with van der Waals surface area (Å²) >= 11 is 0. The van der Waals surface area contributed by atoms with Crippen LogP contribution in [0.4, 0.5) is 0 Å². The first-order valence-electron chi connectivity index (χ1n) is 11.6. The highest BCUT2D eigenvalue weighted by molar-refractivity contribution is 5.89. The molecule has 36 heavy (non-hydrogen) atoms. The molecule has 188 valence electrons. The number of ether oxygens (including phenoxy) is 1. The second-order valence-corrected chi connectivity index (χ2v) is 8.80. The number of phenols is 1. The third-order valence-corrected chi connectivity index (χ3v) is 6.46. The summed E-state index contributed by atoms with van der Waals surface area (Å²) in [7, 11) is 0. The van der Waals surface area contributed by atoms with Crippen molar-refractivity contribution in [1.82, 2.24) is 10.3 Å². The van der Waals surface area contributed by atoms with Crippen LogP contribution in [0.15, 0.2) is 45.7 Å². The van der Waals surface area contributed by atoms with Gasteiger partial charge in [0.05, 0.1) is 12.0 Å². The number of phenolic OH excluding ortho intramolecular Hbond substituents is 1. The van der Waals surface area contributed by atoms with Gasteiger partial charge in [-0.25, -0.2) is 4.79 Å². The van der Waals surface area contributed by atoms with E-state index in [1.165, 1.54) is 19.1 Å². The van der Waals surface area contributed by atoms with Crippen molar-refractivity contribution >= 4 is 33.7 Å². The second-order valence-electron chi connectivity index (χ2n) is 8.80. The summed E-state index contributed by atoms with van der Waals surface area (Å²) in [6, 6.07) is 6.86. The molecule has 2 aromatic heterocycles. The molecule has 2 heterocycles. The molecule has 0 aliphatic heterocycles. The van der Waals surface area contributed by atoms with E-state index in [-0.39, 0.29) is 12.2 Å². The first-order chi connectivity index (χ1) is 17.1. The highest BCUT2D eigenvalue weighted by Crippen LogP contribution is 2.30. The Labute approximate surface area is 206 Å². The smallest absolute Gasteiger partial charge is 0.339 e. The molecule has 0 bridgehead atoms. The number of aryl methyl sites for hydroxylation is 2. The zero-order chi connectivity index (χ0) is 26.1. The number of carbonyl (C=O) groups is 2. The molecular formula is C27H27N2O7-. The Bertz CT molecular complexity index is 1530. The van der Waals surface area contributed by atoms with Crippen LogP contribution in [0.3, 0.4) is 0 Å². The Kier molecular flexibility index (Phi) is 6.74. The molecule has 3 N–H and O–H groups in total. The van der Waals surface area contributed by atoms with E-state index in [0.29, 0.717) is 39.8 Å². The zero-order valence-corrected chi connectivity index (χ0v) is 20.4. The van der Waals surface area contributed by atoms with Crippen molar-refractivity contribution in [2.45, 2.75) is 52.7 Å². The molecule has 0 fully saturated rings. The summed E-state index contributed by atoms with van der Waals surface area (Å²) in [5, 5.41) is 25.5. The predicted molar refractivity (Wildman–Crippen MR) is 132 cm³/mol. The van der Waals surface area contributed by atoms with Crippen LogP contribution in [0.25, 0.3) is 21.9 Å². The van der Waals surface area contributed by atoms with Crippen LogP contribution in [-0.2, 0) is 22.4 Å². The number of hydrogen-bond donors (Lipinski definition) is 3. The van der Waals surface area contributed by atoms with Gasteiger partial charge in [0.25, 0.3) is 5.91 Å². The molecule has 9 heteroatoms. The highest BCUT2D eigenvalue weighted by atomic mass is 16.5. The summed E-state index contributed by atoms with van der Waals surface area (Å²) in [6.45, 7) is 6.98. The van der Waals surface area contributed by atoms with Gasteiger partial charge in [-0.05, 0) is 68.7 Å². The topological polar surface area (TPSA) is 145 Å². The lowest BCUT2D eigenvalue weighted by Crippen LogP contribution is -2.52. The number of hydrogen-bond acceptors (Lipinski definition) is 7. The number of aromatic nitrogens is 1. The highest BCUT2D eigenvalue weighted by Gasteiger charge is 2.23. The van der Waals surface area contributed by atoms with Crippen molar-refractivity contribution < 1.29 is 29.0 Å². The lowest BCUT2D eigenvalue weighted by Gasteiger charge is -2.23. The van der Waals surface area contributed by atoms with Crippen LogP contribution < -0.4 is 20.8 Å². The Balaban J connectivity index is 1.53. The van der Waals surface area contributed by atoms with E-state index in [9.17, 15) is 24.6 Å². The molecule has 4 aromatic rings. The third-order valence-electron chi connectivity index (χ3n) is 6.46. The molecule has 0 unspecified atom stereocenters. The summed E-state index contributed by atoms with van der Waals surface area (Å²) < 4.78 is 11.4. The van der Waals surface area contributed by atoms with Crippen LogP contribution in [-0.4, -0.2) is 34.1 Å². The molecule has 1 amide bonds. The Hall–Kier alpha value is -4.27. The molecule has 0 radical (unpaired) electrons. The lowest BCUT2D eigenvalue weighted by atomic mass is 10.0. The van der Waals surface area contributed by atoms with E-state index in [4.69, 9.17) is 9.15 Å². The Morgan fingerprint density at radius 3 is 2.61 bits per heavy atom. The number of carbonyl (C=O) groups excluding carboxylic acids is 2. The second kappa shape index (κ2) is 9.77. The molecule has 0 saturated heterocycles. The fourth-order valence-electron chi connectivity index (χ4n) is 4.39. The van der Waals surface area contributed by atoms with Gasteiger partial charge in [0.2, 0.25) is 0 Å². The first-order valence-corrected chi connectivity index (χ1v) is 11.6. The molecule has 0 saturated carbocycles. The van der Waals surface area contributed by atoms with Gasteiger partial charge in [-0.15, -0.1) is 0 Å². The Morgan fingerprint density at radius 2 is 1.92 bits per heavy atom. The maximum Gasteiger partial charge on any atom is 0.339 e. The van der Waals surface area contributed by atoms with Gasteiger partial charge in [-0.2, -0.15) is 0 Å². The number of aliphatic carboxylic acids is 1. The SMILES string of the molecule is CCc1c(C)c2ccc(O[C@H](C)C(=O)N[C@@H](Cc3c[nH]c4ccc(O)cc34)C(=O)[O-])c(C)c2oc1=O. The molecule has 9 nitrogen and oxygen atoms in total. The molecule has 0 aliphatic rings. The minimum absolute atomic E-state index is 0.0436. The maximum absolute atomic E-state index is 12.8. The van der Waals surface area contributed by atoms with Gasteiger partial charge < -0.3 is 34.5 Å². The van der Waals surface area contributed by atoms with E-state index >= 15 is 0 Å². The van der Waals surface area contributed by atoms with Crippen LogP contribution in [0.2, 0.25) is 0 Å². The standard InChI is InChI=1S/C27H28N2O7/c1-5-18-13(2)19-7-9-23(14(3)24(19)36-27(18)34)35-15(4)25(31)29-22(26(32)33)10-16-12-28-21-8-6-17(30)11-20(16)21/h6-9,11-12,15,22,28,30H,5,10H2,1-4H3,(H,29,31)(H,32,33)/p-1/t15-,22+/m1/s1. The average molecular weight is 492 g/mol. The summed E-state index contributed by atoms with van der Waals surface area (Å²) in [6.07, 6.45) is 1.09. The maximum atomic E-state index is 12.8. The number of rotatable bonds is 8. The zero-order valence-electron chi connectivity index (χ0n) is 20.4. The normalized spacial score (nSPS) is 13.0. The minimum atomic E-state index is -1.45. The number of carboxylic acid groups (broad SMARTS) is 1. The molecule has 2 aromatic carbocycles. The number of benzene rings is 2. The number of nitrogens with one attached hydrogen (secondary N) is 2. The van der Waals surface area contributed by atoms with Crippen molar-refractivity contribution in [2.24, 2.45) is 0 Å².